The number of aromatic nitrogens is 4. The minimum Gasteiger partial charge on any atom is -0.468 e. The van der Waals surface area contributed by atoms with Crippen molar-refractivity contribution in [1.82, 2.24) is 19.9 Å². The SMILES string of the molecule is COc1nc(=S)nc(-c2cnccc2C)[nH]1. The van der Waals surface area contributed by atoms with Gasteiger partial charge in [0.25, 0.3) is 6.01 Å². The van der Waals surface area contributed by atoms with E-state index < -0.39 is 0 Å². The maximum atomic E-state index is 5.00. The Kier molecular flexibility index (Phi) is 2.91. The number of pyridine rings is 1. The number of aromatic amines is 1. The lowest BCUT2D eigenvalue weighted by Crippen LogP contribution is -1.99. The van der Waals surface area contributed by atoms with E-state index >= 15 is 0 Å². The number of hydrogen-bond acceptors (Lipinski definition) is 5. The van der Waals surface area contributed by atoms with Crippen LogP contribution in [0, 0.1) is 11.7 Å². The number of nitrogens with zero attached hydrogens (tertiary/aromatic N) is 3. The van der Waals surface area contributed by atoms with E-state index in [2.05, 4.69) is 19.9 Å². The van der Waals surface area contributed by atoms with Gasteiger partial charge in [-0.15, -0.1) is 0 Å². The van der Waals surface area contributed by atoms with Crippen LogP contribution in [0.2, 0.25) is 0 Å². The Morgan fingerprint density at radius 3 is 2.88 bits per heavy atom. The van der Waals surface area contributed by atoms with Crippen molar-refractivity contribution in [2.45, 2.75) is 6.92 Å². The van der Waals surface area contributed by atoms with Gasteiger partial charge in [-0.3, -0.25) is 9.97 Å². The van der Waals surface area contributed by atoms with Crippen LogP contribution in [-0.2, 0) is 0 Å². The van der Waals surface area contributed by atoms with Crippen LogP contribution in [0.25, 0.3) is 11.4 Å². The average molecular weight is 234 g/mol. The third-order valence-corrected chi connectivity index (χ3v) is 2.30. The van der Waals surface area contributed by atoms with Crippen LogP contribution in [-0.4, -0.2) is 27.0 Å². The highest BCUT2D eigenvalue weighted by Gasteiger charge is 2.06. The van der Waals surface area contributed by atoms with E-state index in [1.807, 2.05) is 13.0 Å². The molecule has 0 saturated heterocycles. The van der Waals surface area contributed by atoms with Gasteiger partial charge >= 0.3 is 0 Å². The Bertz CT molecular complexity index is 567. The van der Waals surface area contributed by atoms with Gasteiger partial charge in [-0.25, -0.2) is 4.98 Å². The van der Waals surface area contributed by atoms with Crippen molar-refractivity contribution in [3.05, 3.63) is 28.8 Å². The molecule has 1 N–H and O–H groups in total. The van der Waals surface area contributed by atoms with E-state index in [4.69, 9.17) is 17.0 Å². The second-order valence-corrected chi connectivity index (χ2v) is 3.54. The van der Waals surface area contributed by atoms with Gasteiger partial charge in [0.15, 0.2) is 0 Å². The van der Waals surface area contributed by atoms with Crippen LogP contribution in [0.5, 0.6) is 6.01 Å². The topological polar surface area (TPSA) is 63.7 Å². The molecular formula is C10H10N4OS. The molecule has 16 heavy (non-hydrogen) atoms. The van der Waals surface area contributed by atoms with Crippen LogP contribution in [0.1, 0.15) is 5.56 Å². The van der Waals surface area contributed by atoms with Gasteiger partial charge < -0.3 is 4.74 Å². The second-order valence-electron chi connectivity index (χ2n) is 3.18. The Labute approximate surface area is 97.6 Å². The number of aryl methyl sites for hydroxylation is 1. The molecule has 0 amide bonds. The van der Waals surface area contributed by atoms with Crippen LogP contribution >= 0.6 is 12.2 Å². The van der Waals surface area contributed by atoms with E-state index in [-0.39, 0.29) is 4.77 Å². The van der Waals surface area contributed by atoms with Crippen molar-refractivity contribution in [3.8, 4) is 17.4 Å². The lowest BCUT2D eigenvalue weighted by molar-refractivity contribution is 0.378. The third kappa shape index (κ3) is 2.06. The van der Waals surface area contributed by atoms with Crippen molar-refractivity contribution in [3.63, 3.8) is 0 Å². The van der Waals surface area contributed by atoms with E-state index in [0.717, 1.165) is 11.1 Å². The zero-order valence-corrected chi connectivity index (χ0v) is 9.71. The molecule has 0 fully saturated rings. The molecule has 0 unspecified atom stereocenters. The normalized spacial score (nSPS) is 10.1. The lowest BCUT2D eigenvalue weighted by Gasteiger charge is -2.05. The summed E-state index contributed by atoms with van der Waals surface area (Å²) in [7, 11) is 1.52. The number of hydrogen-bond donors (Lipinski definition) is 1. The molecule has 0 aromatic carbocycles. The average Bonchev–Trinajstić information content (AvgIpc) is 2.28. The zero-order valence-electron chi connectivity index (χ0n) is 8.89. The summed E-state index contributed by atoms with van der Waals surface area (Å²) in [4.78, 5) is 15.0. The van der Waals surface area contributed by atoms with Gasteiger partial charge in [0.1, 0.15) is 5.82 Å². The highest BCUT2D eigenvalue weighted by Crippen LogP contribution is 2.18. The number of nitrogens with one attached hydrogen (secondary N) is 1. The van der Waals surface area contributed by atoms with Gasteiger partial charge in [-0.05, 0) is 30.8 Å². The molecule has 2 rings (SSSR count). The van der Waals surface area contributed by atoms with Crippen molar-refractivity contribution < 1.29 is 4.74 Å². The molecule has 0 atom stereocenters. The molecule has 2 heterocycles. The van der Waals surface area contributed by atoms with E-state index in [1.165, 1.54) is 7.11 Å². The quantitative estimate of drug-likeness (QED) is 0.804. The first-order valence-corrected chi connectivity index (χ1v) is 5.05. The van der Waals surface area contributed by atoms with E-state index in [9.17, 15) is 0 Å². The fourth-order valence-corrected chi connectivity index (χ4v) is 1.48. The van der Waals surface area contributed by atoms with E-state index in [0.29, 0.717) is 11.8 Å². The standard InChI is InChI=1S/C10H10N4OS/c1-6-3-4-11-5-7(6)8-12-9(15-2)14-10(16)13-8/h3-5H,1-2H3,(H,12,13,14,16). The van der Waals surface area contributed by atoms with Gasteiger partial charge in [0, 0.05) is 18.0 Å². The van der Waals surface area contributed by atoms with Gasteiger partial charge in [0.2, 0.25) is 4.77 Å². The first-order valence-electron chi connectivity index (χ1n) is 4.64. The highest BCUT2D eigenvalue weighted by molar-refractivity contribution is 7.71. The monoisotopic (exact) mass is 234 g/mol. The predicted octanol–water partition coefficient (Wildman–Crippen LogP) is 1.91. The van der Waals surface area contributed by atoms with Crippen molar-refractivity contribution >= 4 is 12.2 Å². The van der Waals surface area contributed by atoms with Gasteiger partial charge in [-0.1, -0.05) is 0 Å². The smallest absolute Gasteiger partial charge is 0.297 e. The molecule has 0 aliphatic rings. The van der Waals surface area contributed by atoms with Crippen LogP contribution in [0.4, 0.5) is 0 Å². The number of ether oxygens (including phenoxy) is 1. The zero-order chi connectivity index (χ0) is 11.5. The molecule has 0 aliphatic carbocycles. The molecule has 0 spiro atoms. The van der Waals surface area contributed by atoms with Crippen molar-refractivity contribution in [1.29, 1.82) is 0 Å². The van der Waals surface area contributed by atoms with Crippen LogP contribution < -0.4 is 4.74 Å². The number of rotatable bonds is 2. The van der Waals surface area contributed by atoms with Crippen LogP contribution in [0.3, 0.4) is 0 Å². The summed E-state index contributed by atoms with van der Waals surface area (Å²) in [6.45, 7) is 1.97. The second kappa shape index (κ2) is 4.36. The summed E-state index contributed by atoms with van der Waals surface area (Å²) in [6, 6.07) is 2.25. The molecule has 2 aromatic rings. The Morgan fingerprint density at radius 1 is 1.38 bits per heavy atom. The summed E-state index contributed by atoms with van der Waals surface area (Å²) in [5.41, 5.74) is 1.94. The minimum atomic E-state index is 0.244. The number of methoxy groups -OCH3 is 1. The van der Waals surface area contributed by atoms with Crippen LogP contribution in [0.15, 0.2) is 18.5 Å². The highest BCUT2D eigenvalue weighted by atomic mass is 32.1. The molecule has 0 radical (unpaired) electrons. The summed E-state index contributed by atoms with van der Waals surface area (Å²) in [6.07, 6.45) is 3.45. The predicted molar refractivity (Wildman–Crippen MR) is 61.7 cm³/mol. The minimum absolute atomic E-state index is 0.244. The molecule has 0 bridgehead atoms. The molecule has 0 saturated carbocycles. The van der Waals surface area contributed by atoms with Gasteiger partial charge in [0.05, 0.1) is 7.11 Å². The summed E-state index contributed by atoms with van der Waals surface area (Å²) in [5.74, 6) is 0.613. The molecule has 5 nitrogen and oxygen atoms in total. The molecule has 0 aliphatic heterocycles. The fourth-order valence-electron chi connectivity index (χ4n) is 1.30. The van der Waals surface area contributed by atoms with Crippen molar-refractivity contribution in [2.75, 3.05) is 7.11 Å². The Balaban J connectivity index is 2.60. The Morgan fingerprint density at radius 2 is 2.19 bits per heavy atom. The molecule has 2 aromatic heterocycles. The first kappa shape index (κ1) is 10.7. The Hall–Kier alpha value is -1.82. The summed E-state index contributed by atoms with van der Waals surface area (Å²) < 4.78 is 5.25. The first-order chi connectivity index (χ1) is 7.70. The maximum Gasteiger partial charge on any atom is 0.297 e. The van der Waals surface area contributed by atoms with Crippen molar-refractivity contribution in [2.24, 2.45) is 0 Å². The molecule has 6 heteroatoms. The molecular weight excluding hydrogens is 224 g/mol. The van der Waals surface area contributed by atoms with E-state index in [1.54, 1.807) is 12.4 Å². The number of H-pyrrole nitrogens is 1. The lowest BCUT2D eigenvalue weighted by atomic mass is 10.1. The third-order valence-electron chi connectivity index (χ3n) is 2.12. The summed E-state index contributed by atoms with van der Waals surface area (Å²) >= 11 is 4.95. The molecule has 82 valence electrons. The maximum absolute atomic E-state index is 5.00. The fraction of sp³-hybridized carbons (Fsp3) is 0.200. The largest absolute Gasteiger partial charge is 0.468 e. The summed E-state index contributed by atoms with van der Waals surface area (Å²) in [5, 5.41) is 0. The van der Waals surface area contributed by atoms with Gasteiger partial charge in [-0.2, -0.15) is 4.98 Å².